The Balaban J connectivity index is 3.04. The fourth-order valence-electron chi connectivity index (χ4n) is 1.68. The zero-order chi connectivity index (χ0) is 17.9. The Morgan fingerprint density at radius 1 is 1.26 bits per heavy atom. The van der Waals surface area contributed by atoms with Crippen LogP contribution in [0.1, 0.15) is 26.3 Å². The smallest absolute Gasteiger partial charge is 0.324 e. The number of ketones is 1. The fourth-order valence-corrected chi connectivity index (χ4v) is 3.57. The van der Waals surface area contributed by atoms with E-state index in [0.29, 0.717) is 0 Å². The van der Waals surface area contributed by atoms with E-state index in [1.807, 2.05) is 0 Å². The van der Waals surface area contributed by atoms with E-state index in [1.54, 1.807) is 13.0 Å². The van der Waals surface area contributed by atoms with Crippen LogP contribution in [-0.4, -0.2) is 43.7 Å². The zero-order valence-corrected chi connectivity index (χ0v) is 15.2. The SMILES string of the molecule is CC(=O)C(C)OC(=O)[C@H](C)N(C)S(=O)(=O)c1ccc(C)cc1Cl. The second-order valence-electron chi connectivity index (χ2n) is 5.32. The van der Waals surface area contributed by atoms with Crippen molar-refractivity contribution in [3.05, 3.63) is 28.8 Å². The lowest BCUT2D eigenvalue weighted by Gasteiger charge is -2.24. The quantitative estimate of drug-likeness (QED) is 0.725. The molecule has 2 atom stereocenters. The number of hydrogen-bond acceptors (Lipinski definition) is 5. The van der Waals surface area contributed by atoms with Gasteiger partial charge in [0.15, 0.2) is 11.9 Å². The Morgan fingerprint density at radius 3 is 2.30 bits per heavy atom. The van der Waals surface area contributed by atoms with Crippen molar-refractivity contribution in [1.82, 2.24) is 4.31 Å². The lowest BCUT2D eigenvalue weighted by molar-refractivity contribution is -0.156. The maximum absolute atomic E-state index is 12.6. The van der Waals surface area contributed by atoms with Crippen LogP contribution in [0.15, 0.2) is 23.1 Å². The predicted molar refractivity (Wildman–Crippen MR) is 86.8 cm³/mol. The highest BCUT2D eigenvalue weighted by Crippen LogP contribution is 2.26. The number of hydrogen-bond donors (Lipinski definition) is 0. The molecule has 0 spiro atoms. The van der Waals surface area contributed by atoms with E-state index in [1.165, 1.54) is 40.0 Å². The Hall–Kier alpha value is -1.44. The molecule has 1 unspecified atom stereocenters. The summed E-state index contributed by atoms with van der Waals surface area (Å²) in [4.78, 5) is 23.1. The Labute approximate surface area is 141 Å². The maximum Gasteiger partial charge on any atom is 0.324 e. The summed E-state index contributed by atoms with van der Waals surface area (Å²) in [5.74, 6) is -1.13. The topological polar surface area (TPSA) is 80.8 Å². The minimum atomic E-state index is -3.97. The number of benzene rings is 1. The van der Waals surface area contributed by atoms with Crippen molar-refractivity contribution >= 4 is 33.4 Å². The number of esters is 1. The lowest BCUT2D eigenvalue weighted by Crippen LogP contribution is -2.42. The number of nitrogens with zero attached hydrogens (tertiary/aromatic N) is 1. The average Bonchev–Trinajstić information content (AvgIpc) is 2.44. The summed E-state index contributed by atoms with van der Waals surface area (Å²) in [6.07, 6.45) is -0.927. The molecule has 0 saturated heterocycles. The van der Waals surface area contributed by atoms with Crippen LogP contribution in [0, 0.1) is 6.92 Å². The van der Waals surface area contributed by atoms with Crippen molar-refractivity contribution in [2.24, 2.45) is 0 Å². The number of likely N-dealkylation sites (N-methyl/N-ethyl adjacent to an activating group) is 1. The Bertz CT molecular complexity index is 717. The third-order valence-electron chi connectivity index (χ3n) is 3.50. The Kier molecular flexibility index (Phi) is 6.33. The number of sulfonamides is 1. The van der Waals surface area contributed by atoms with E-state index >= 15 is 0 Å². The van der Waals surface area contributed by atoms with Crippen molar-refractivity contribution < 1.29 is 22.7 Å². The molecular formula is C15H20ClNO5S. The van der Waals surface area contributed by atoms with E-state index in [2.05, 4.69) is 0 Å². The fraction of sp³-hybridized carbons (Fsp3) is 0.467. The molecule has 1 aromatic rings. The van der Waals surface area contributed by atoms with Gasteiger partial charge in [0, 0.05) is 7.05 Å². The number of carbonyl (C=O) groups excluding carboxylic acids is 2. The van der Waals surface area contributed by atoms with Crippen LogP contribution in [0.3, 0.4) is 0 Å². The highest BCUT2D eigenvalue weighted by Gasteiger charge is 2.33. The highest BCUT2D eigenvalue weighted by atomic mass is 35.5. The molecule has 0 radical (unpaired) electrons. The molecule has 0 aliphatic rings. The summed E-state index contributed by atoms with van der Waals surface area (Å²) in [5, 5.41) is 0.0783. The molecule has 0 aliphatic carbocycles. The predicted octanol–water partition coefficient (Wildman–Crippen LogP) is 2.18. The first-order valence-electron chi connectivity index (χ1n) is 6.93. The minimum Gasteiger partial charge on any atom is -0.453 e. The number of aryl methyl sites for hydroxylation is 1. The largest absolute Gasteiger partial charge is 0.453 e. The molecule has 0 amide bonds. The van der Waals surface area contributed by atoms with E-state index < -0.39 is 28.1 Å². The summed E-state index contributed by atoms with van der Waals surface area (Å²) in [5.41, 5.74) is 0.819. The molecule has 1 rings (SSSR count). The molecule has 8 heteroatoms. The van der Waals surface area contributed by atoms with Crippen LogP contribution in [0.4, 0.5) is 0 Å². The van der Waals surface area contributed by atoms with Crippen molar-refractivity contribution in [2.75, 3.05) is 7.05 Å². The normalized spacial score (nSPS) is 14.4. The van der Waals surface area contributed by atoms with Crippen LogP contribution >= 0.6 is 11.6 Å². The molecule has 6 nitrogen and oxygen atoms in total. The molecule has 0 fully saturated rings. The molecule has 1 aromatic carbocycles. The third-order valence-corrected chi connectivity index (χ3v) is 5.91. The van der Waals surface area contributed by atoms with Gasteiger partial charge in [0.25, 0.3) is 0 Å². The van der Waals surface area contributed by atoms with Gasteiger partial charge in [-0.1, -0.05) is 17.7 Å². The van der Waals surface area contributed by atoms with Gasteiger partial charge in [0.2, 0.25) is 10.0 Å². The molecule has 0 heterocycles. The molecular weight excluding hydrogens is 342 g/mol. The third kappa shape index (κ3) is 4.53. The van der Waals surface area contributed by atoms with Crippen LogP contribution < -0.4 is 0 Å². The van der Waals surface area contributed by atoms with E-state index in [9.17, 15) is 18.0 Å². The van der Waals surface area contributed by atoms with Gasteiger partial charge in [-0.2, -0.15) is 4.31 Å². The first-order chi connectivity index (χ1) is 10.5. The standard InChI is InChI=1S/C15H20ClNO5S/c1-9-6-7-14(13(16)8-9)23(20,21)17(5)10(2)15(19)22-12(4)11(3)18/h6-8,10,12H,1-5H3/t10-,12?/m0/s1. The number of rotatable bonds is 6. The molecule has 23 heavy (non-hydrogen) atoms. The van der Waals surface area contributed by atoms with Crippen LogP contribution in [-0.2, 0) is 24.3 Å². The maximum atomic E-state index is 12.6. The molecule has 0 bridgehead atoms. The summed E-state index contributed by atoms with van der Waals surface area (Å²) in [6, 6.07) is 3.44. The molecule has 0 aliphatic heterocycles. The van der Waals surface area contributed by atoms with Gasteiger partial charge in [0.1, 0.15) is 10.9 Å². The monoisotopic (exact) mass is 361 g/mol. The first kappa shape index (κ1) is 19.6. The molecule has 0 aromatic heterocycles. The minimum absolute atomic E-state index is 0.0783. The average molecular weight is 362 g/mol. The van der Waals surface area contributed by atoms with Crippen LogP contribution in [0.25, 0.3) is 0 Å². The van der Waals surface area contributed by atoms with Gasteiger partial charge in [-0.05, 0) is 45.4 Å². The summed E-state index contributed by atoms with van der Waals surface area (Å²) >= 11 is 6.00. The Morgan fingerprint density at radius 2 is 1.83 bits per heavy atom. The van der Waals surface area contributed by atoms with Gasteiger partial charge in [-0.3, -0.25) is 9.59 Å². The van der Waals surface area contributed by atoms with Crippen LogP contribution in [0.2, 0.25) is 5.02 Å². The van der Waals surface area contributed by atoms with E-state index in [-0.39, 0.29) is 15.7 Å². The van der Waals surface area contributed by atoms with Crippen molar-refractivity contribution in [2.45, 2.75) is 44.7 Å². The number of halogens is 1. The van der Waals surface area contributed by atoms with Gasteiger partial charge in [-0.25, -0.2) is 8.42 Å². The van der Waals surface area contributed by atoms with Crippen molar-refractivity contribution in [3.63, 3.8) is 0 Å². The summed E-state index contributed by atoms with van der Waals surface area (Å²) in [6.45, 7) is 5.89. The second-order valence-corrected chi connectivity index (χ2v) is 7.69. The van der Waals surface area contributed by atoms with Gasteiger partial charge < -0.3 is 4.74 Å². The summed E-state index contributed by atoms with van der Waals surface area (Å²) < 4.78 is 31.0. The molecule has 0 N–H and O–H groups in total. The number of ether oxygens (including phenoxy) is 1. The molecule has 0 saturated carbocycles. The van der Waals surface area contributed by atoms with E-state index in [0.717, 1.165) is 9.87 Å². The number of carbonyl (C=O) groups is 2. The van der Waals surface area contributed by atoms with Gasteiger partial charge in [0.05, 0.1) is 5.02 Å². The van der Waals surface area contributed by atoms with Crippen LogP contribution in [0.5, 0.6) is 0 Å². The zero-order valence-electron chi connectivity index (χ0n) is 13.7. The van der Waals surface area contributed by atoms with Crippen molar-refractivity contribution in [3.8, 4) is 0 Å². The highest BCUT2D eigenvalue weighted by molar-refractivity contribution is 7.89. The van der Waals surface area contributed by atoms with E-state index in [4.69, 9.17) is 16.3 Å². The lowest BCUT2D eigenvalue weighted by atomic mass is 10.2. The summed E-state index contributed by atoms with van der Waals surface area (Å²) in [7, 11) is -2.71. The second kappa shape index (κ2) is 7.42. The van der Waals surface area contributed by atoms with Gasteiger partial charge >= 0.3 is 5.97 Å². The molecule has 128 valence electrons. The first-order valence-corrected chi connectivity index (χ1v) is 8.75. The number of Topliss-reactive ketones (excluding diaryl/α,β-unsaturated/α-hetero) is 1. The van der Waals surface area contributed by atoms with Gasteiger partial charge in [-0.15, -0.1) is 0 Å². The van der Waals surface area contributed by atoms with Crippen molar-refractivity contribution in [1.29, 1.82) is 0 Å².